The summed E-state index contributed by atoms with van der Waals surface area (Å²) in [5, 5.41) is 0. The van der Waals surface area contributed by atoms with Crippen LogP contribution in [0.4, 0.5) is 0 Å². The van der Waals surface area contributed by atoms with E-state index in [1.165, 1.54) is 6.42 Å². The molecule has 3 nitrogen and oxygen atoms in total. The van der Waals surface area contributed by atoms with Crippen LogP contribution in [-0.2, 0) is 9.53 Å². The number of rotatable bonds is 7. The molecule has 0 aromatic rings. The van der Waals surface area contributed by atoms with E-state index >= 15 is 0 Å². The molecule has 0 saturated carbocycles. The lowest BCUT2D eigenvalue weighted by molar-refractivity contribution is -0.130. The molecule has 0 unspecified atom stereocenters. The molecule has 1 aliphatic carbocycles. The third kappa shape index (κ3) is 4.81. The fraction of sp³-hybridized carbons (Fsp3) is 0.800. The number of amides is 1. The second-order valence-electron chi connectivity index (χ2n) is 5.57. The van der Waals surface area contributed by atoms with E-state index in [9.17, 15) is 4.79 Å². The van der Waals surface area contributed by atoms with E-state index in [1.807, 2.05) is 14.1 Å². The number of methoxy groups -OCH3 is 1. The molecule has 3 heteroatoms. The molecule has 1 atom stereocenters. The Labute approximate surface area is 111 Å². The molecule has 0 fully saturated rings. The first-order valence-electron chi connectivity index (χ1n) is 6.96. The van der Waals surface area contributed by atoms with Crippen LogP contribution >= 0.6 is 0 Å². The highest BCUT2D eigenvalue weighted by Crippen LogP contribution is 2.39. The van der Waals surface area contributed by atoms with E-state index < -0.39 is 0 Å². The largest absolute Gasteiger partial charge is 0.385 e. The summed E-state index contributed by atoms with van der Waals surface area (Å²) in [6.07, 6.45) is 12.1. The van der Waals surface area contributed by atoms with Crippen molar-refractivity contribution in [2.75, 3.05) is 27.8 Å². The van der Waals surface area contributed by atoms with E-state index in [0.717, 1.165) is 38.7 Å². The van der Waals surface area contributed by atoms with Gasteiger partial charge in [0.25, 0.3) is 0 Å². The van der Waals surface area contributed by atoms with Crippen molar-refractivity contribution >= 4 is 5.91 Å². The van der Waals surface area contributed by atoms with Crippen LogP contribution in [0.5, 0.6) is 0 Å². The summed E-state index contributed by atoms with van der Waals surface area (Å²) >= 11 is 0. The minimum Gasteiger partial charge on any atom is -0.385 e. The van der Waals surface area contributed by atoms with Crippen LogP contribution in [0.25, 0.3) is 0 Å². The quantitative estimate of drug-likeness (QED) is 0.515. The Morgan fingerprint density at radius 1 is 1.39 bits per heavy atom. The smallest absolute Gasteiger partial charge is 0.222 e. The lowest BCUT2D eigenvalue weighted by Crippen LogP contribution is -2.31. The van der Waals surface area contributed by atoms with E-state index in [4.69, 9.17) is 4.74 Å². The molecule has 0 radical (unpaired) electrons. The molecule has 0 N–H and O–H groups in total. The van der Waals surface area contributed by atoms with Crippen LogP contribution in [0.1, 0.15) is 44.9 Å². The molecule has 1 aliphatic rings. The Morgan fingerprint density at radius 3 is 2.72 bits per heavy atom. The molecule has 1 amide bonds. The van der Waals surface area contributed by atoms with E-state index in [-0.39, 0.29) is 11.3 Å². The summed E-state index contributed by atoms with van der Waals surface area (Å²) in [5.41, 5.74) is 0.105. The SMILES string of the molecule is COCCCC[C@]1(CC(=O)N(C)C)C=CCCC1. The average Bonchev–Trinajstić information content (AvgIpc) is 2.36. The second-order valence-corrected chi connectivity index (χ2v) is 5.57. The first-order chi connectivity index (χ1) is 8.59. The molecule has 104 valence electrons. The Hall–Kier alpha value is -0.830. The number of ether oxygens (including phenoxy) is 1. The van der Waals surface area contributed by atoms with E-state index in [2.05, 4.69) is 12.2 Å². The normalized spacial score (nSPS) is 23.1. The summed E-state index contributed by atoms with van der Waals surface area (Å²) in [7, 11) is 5.42. The van der Waals surface area contributed by atoms with Crippen molar-refractivity contribution in [3.8, 4) is 0 Å². The van der Waals surface area contributed by atoms with Crippen molar-refractivity contribution in [1.82, 2.24) is 4.90 Å². The van der Waals surface area contributed by atoms with Gasteiger partial charge >= 0.3 is 0 Å². The molecule has 0 spiro atoms. The predicted octanol–water partition coefficient (Wildman–Crippen LogP) is 3.01. The van der Waals surface area contributed by atoms with E-state index in [0.29, 0.717) is 6.42 Å². The molecule has 0 aromatic heterocycles. The zero-order chi connectivity index (χ0) is 13.4. The summed E-state index contributed by atoms with van der Waals surface area (Å²) in [6, 6.07) is 0. The minimum atomic E-state index is 0.105. The van der Waals surface area contributed by atoms with Crippen LogP contribution in [0, 0.1) is 5.41 Å². The van der Waals surface area contributed by atoms with Crippen molar-refractivity contribution in [2.45, 2.75) is 44.9 Å². The molecule has 0 aromatic carbocycles. The Morgan fingerprint density at radius 2 is 2.17 bits per heavy atom. The first kappa shape index (κ1) is 15.2. The maximum atomic E-state index is 12.0. The fourth-order valence-electron chi connectivity index (χ4n) is 2.62. The highest BCUT2D eigenvalue weighted by molar-refractivity contribution is 5.76. The summed E-state index contributed by atoms with van der Waals surface area (Å²) in [5.74, 6) is 0.244. The van der Waals surface area contributed by atoms with Gasteiger partial charge in [-0.3, -0.25) is 4.79 Å². The number of hydrogen-bond donors (Lipinski definition) is 0. The zero-order valence-corrected chi connectivity index (χ0v) is 12.1. The first-order valence-corrected chi connectivity index (χ1v) is 6.96. The van der Waals surface area contributed by atoms with Crippen molar-refractivity contribution in [1.29, 1.82) is 0 Å². The molecular formula is C15H27NO2. The maximum absolute atomic E-state index is 12.0. The number of unbranched alkanes of at least 4 members (excludes halogenated alkanes) is 1. The Bertz CT molecular complexity index is 286. The minimum absolute atomic E-state index is 0.105. The third-order valence-electron chi connectivity index (χ3n) is 3.79. The van der Waals surface area contributed by atoms with Gasteiger partial charge in [0.1, 0.15) is 0 Å². The molecular weight excluding hydrogens is 226 g/mol. The molecule has 0 saturated heterocycles. The van der Waals surface area contributed by atoms with Crippen LogP contribution in [0.2, 0.25) is 0 Å². The van der Waals surface area contributed by atoms with Crippen LogP contribution in [0.15, 0.2) is 12.2 Å². The van der Waals surface area contributed by atoms with Crippen LogP contribution in [0.3, 0.4) is 0 Å². The van der Waals surface area contributed by atoms with Gasteiger partial charge in [0.15, 0.2) is 0 Å². The Kier molecular flexibility index (Phi) is 6.41. The van der Waals surface area contributed by atoms with Crippen LogP contribution in [-0.4, -0.2) is 38.6 Å². The standard InChI is InChI=1S/C15H27NO2/c1-16(2)14(17)13-15(9-5-4-6-10-15)11-7-8-12-18-3/h5,9H,4,6-8,10-13H2,1-3H3/t15-/m0/s1. The van der Waals surface area contributed by atoms with Crippen LogP contribution < -0.4 is 0 Å². The summed E-state index contributed by atoms with van der Waals surface area (Å²) in [6.45, 7) is 0.821. The number of carbonyl (C=O) groups excluding carboxylic acids is 1. The number of allylic oxidation sites excluding steroid dienone is 2. The monoisotopic (exact) mass is 253 g/mol. The van der Waals surface area contributed by atoms with Gasteiger partial charge in [-0.1, -0.05) is 18.6 Å². The van der Waals surface area contributed by atoms with E-state index in [1.54, 1.807) is 12.0 Å². The van der Waals surface area contributed by atoms with Gasteiger partial charge in [-0.15, -0.1) is 0 Å². The van der Waals surface area contributed by atoms with Gasteiger partial charge in [-0.25, -0.2) is 0 Å². The lowest BCUT2D eigenvalue weighted by Gasteiger charge is -2.34. The number of nitrogens with zero attached hydrogens (tertiary/aromatic N) is 1. The predicted molar refractivity (Wildman–Crippen MR) is 74.5 cm³/mol. The number of carbonyl (C=O) groups is 1. The van der Waals surface area contributed by atoms with Gasteiger partial charge in [-0.2, -0.15) is 0 Å². The lowest BCUT2D eigenvalue weighted by atomic mass is 9.72. The Balaban J connectivity index is 2.55. The van der Waals surface area contributed by atoms with Crippen molar-refractivity contribution in [3.63, 3.8) is 0 Å². The van der Waals surface area contributed by atoms with Crippen molar-refractivity contribution < 1.29 is 9.53 Å². The fourth-order valence-corrected chi connectivity index (χ4v) is 2.62. The van der Waals surface area contributed by atoms with Crippen molar-refractivity contribution in [2.24, 2.45) is 5.41 Å². The molecule has 0 aliphatic heterocycles. The second kappa shape index (κ2) is 7.57. The zero-order valence-electron chi connectivity index (χ0n) is 12.1. The third-order valence-corrected chi connectivity index (χ3v) is 3.79. The van der Waals surface area contributed by atoms with Gasteiger partial charge < -0.3 is 9.64 Å². The molecule has 0 heterocycles. The highest BCUT2D eigenvalue weighted by Gasteiger charge is 2.31. The van der Waals surface area contributed by atoms with Gasteiger partial charge in [-0.05, 0) is 37.5 Å². The highest BCUT2D eigenvalue weighted by atomic mass is 16.5. The molecule has 1 rings (SSSR count). The molecule has 18 heavy (non-hydrogen) atoms. The maximum Gasteiger partial charge on any atom is 0.222 e. The van der Waals surface area contributed by atoms with Gasteiger partial charge in [0.05, 0.1) is 0 Å². The topological polar surface area (TPSA) is 29.5 Å². The summed E-state index contributed by atoms with van der Waals surface area (Å²) < 4.78 is 5.09. The van der Waals surface area contributed by atoms with Crippen molar-refractivity contribution in [3.05, 3.63) is 12.2 Å². The number of hydrogen-bond acceptors (Lipinski definition) is 2. The van der Waals surface area contributed by atoms with Gasteiger partial charge in [0.2, 0.25) is 5.91 Å². The summed E-state index contributed by atoms with van der Waals surface area (Å²) in [4.78, 5) is 13.7. The molecule has 0 bridgehead atoms. The average molecular weight is 253 g/mol. The van der Waals surface area contributed by atoms with Gasteiger partial charge in [0, 0.05) is 34.2 Å².